The van der Waals surface area contributed by atoms with Gasteiger partial charge >= 0.3 is 12.3 Å². The summed E-state index contributed by atoms with van der Waals surface area (Å²) in [7, 11) is 0. The lowest BCUT2D eigenvalue weighted by Gasteiger charge is -2.46. The van der Waals surface area contributed by atoms with Crippen LogP contribution in [0.4, 0.5) is 23.7 Å². The van der Waals surface area contributed by atoms with Crippen molar-refractivity contribution in [1.29, 1.82) is 0 Å². The van der Waals surface area contributed by atoms with Gasteiger partial charge in [0, 0.05) is 42.4 Å². The topological polar surface area (TPSA) is 79.9 Å². The van der Waals surface area contributed by atoms with Gasteiger partial charge < -0.3 is 25.0 Å². The molecule has 7 nitrogen and oxygen atoms in total. The minimum absolute atomic E-state index is 0.103. The Kier molecular flexibility index (Phi) is 9.96. The molecule has 246 valence electrons. The quantitative estimate of drug-likeness (QED) is 0.244. The van der Waals surface area contributed by atoms with Crippen LogP contribution in [0.2, 0.25) is 0 Å². The molecule has 46 heavy (non-hydrogen) atoms. The van der Waals surface area contributed by atoms with Crippen LogP contribution in [0.25, 0.3) is 0 Å². The molecule has 2 aliphatic rings. The third kappa shape index (κ3) is 8.20. The number of hydrogen-bond acceptors (Lipinski definition) is 5. The van der Waals surface area contributed by atoms with Crippen LogP contribution < -0.4 is 10.6 Å². The number of carbonyl (C=O) groups is 2. The molecule has 0 saturated carbocycles. The lowest BCUT2D eigenvalue weighted by atomic mass is 9.76. The van der Waals surface area contributed by atoms with E-state index in [9.17, 15) is 22.8 Å². The number of carbonyl (C=O) groups excluding carboxylic acids is 2. The molecule has 3 aromatic carbocycles. The molecule has 0 unspecified atom stereocenters. The largest absolute Gasteiger partial charge is 0.444 e. The summed E-state index contributed by atoms with van der Waals surface area (Å²) in [5, 5.41) is 6.23. The number of aryl methyl sites for hydroxylation is 1. The Morgan fingerprint density at radius 1 is 1.00 bits per heavy atom. The molecular formula is C36H42F3N3O4. The predicted octanol–water partition coefficient (Wildman–Crippen LogP) is 8.07. The minimum Gasteiger partial charge on any atom is -0.444 e. The molecule has 10 heteroatoms. The molecule has 2 aliphatic heterocycles. The number of rotatable bonds is 8. The molecule has 2 N–H and O–H groups in total. The number of fused-ring (bicyclic) bond motifs is 3. The van der Waals surface area contributed by atoms with E-state index < -0.39 is 35.6 Å². The normalized spacial score (nSPS) is 20.9. The van der Waals surface area contributed by atoms with E-state index in [4.69, 9.17) is 9.47 Å². The third-order valence-electron chi connectivity index (χ3n) is 8.42. The highest BCUT2D eigenvalue weighted by molar-refractivity contribution is 5.94. The van der Waals surface area contributed by atoms with Gasteiger partial charge in [-0.15, -0.1) is 0 Å². The standard InChI is InChI=1S/C36H42F3N3O4/c1-23-11-13-25(14-12-23)33(43)42(20-8-19-40-34(44)46-35(2,3)4)22-27-16-17-28-31(24-9-6-5-7-10-24)41-30-18-15-26(36(37,38)39)21-29(30)32(28)45-27/h5-7,9-15,18,21,27-28,31-32,41H,8,16-17,19-20,22H2,1-4H3,(H,40,44)/t27-,28+,31+,32+/m1/s1. The van der Waals surface area contributed by atoms with Gasteiger partial charge in [0.15, 0.2) is 0 Å². The Morgan fingerprint density at radius 3 is 2.39 bits per heavy atom. The van der Waals surface area contributed by atoms with Crippen molar-refractivity contribution in [1.82, 2.24) is 10.2 Å². The number of nitrogens with one attached hydrogen (secondary N) is 2. The maximum absolute atomic E-state index is 13.8. The fourth-order valence-electron chi connectivity index (χ4n) is 6.23. The second kappa shape index (κ2) is 13.7. The average molecular weight is 638 g/mol. The van der Waals surface area contributed by atoms with Gasteiger partial charge in [0.1, 0.15) is 5.60 Å². The summed E-state index contributed by atoms with van der Waals surface area (Å²) >= 11 is 0. The highest BCUT2D eigenvalue weighted by Crippen LogP contribution is 2.51. The Hall–Kier alpha value is -4.05. The molecule has 0 radical (unpaired) electrons. The SMILES string of the molecule is Cc1ccc(C(=O)N(CCCNC(=O)OC(C)(C)C)C[C@H]2CC[C@@H]3[C@H](O2)c2cc(C(F)(F)F)ccc2N[C@H]3c2ccccc2)cc1. The first kappa shape index (κ1) is 33.3. The lowest BCUT2D eigenvalue weighted by molar-refractivity contribution is -0.138. The Bertz CT molecular complexity index is 1510. The van der Waals surface area contributed by atoms with Crippen molar-refractivity contribution in [2.75, 3.05) is 25.0 Å². The van der Waals surface area contributed by atoms with Gasteiger partial charge in [0.2, 0.25) is 0 Å². The van der Waals surface area contributed by atoms with Gasteiger partial charge in [-0.05, 0) is 82.9 Å². The molecule has 5 rings (SSSR count). The molecule has 0 bridgehead atoms. The first-order chi connectivity index (χ1) is 21.8. The fraction of sp³-hybridized carbons (Fsp3) is 0.444. The monoisotopic (exact) mass is 637 g/mol. The van der Waals surface area contributed by atoms with Gasteiger partial charge in [-0.1, -0.05) is 48.0 Å². The zero-order chi connectivity index (χ0) is 33.1. The highest BCUT2D eigenvalue weighted by atomic mass is 19.4. The second-order valence-electron chi connectivity index (χ2n) is 13.2. The van der Waals surface area contributed by atoms with Crippen molar-refractivity contribution >= 4 is 17.7 Å². The molecule has 2 amide bonds. The number of alkyl halides is 3. The van der Waals surface area contributed by atoms with Crippen LogP contribution in [0, 0.1) is 12.8 Å². The van der Waals surface area contributed by atoms with E-state index >= 15 is 0 Å². The molecule has 0 spiro atoms. The summed E-state index contributed by atoms with van der Waals surface area (Å²) < 4.78 is 53.4. The predicted molar refractivity (Wildman–Crippen MR) is 171 cm³/mol. The number of amides is 2. The van der Waals surface area contributed by atoms with Crippen molar-refractivity contribution < 1.29 is 32.2 Å². The van der Waals surface area contributed by atoms with Crippen molar-refractivity contribution in [3.8, 4) is 0 Å². The highest BCUT2D eigenvalue weighted by Gasteiger charge is 2.44. The number of halogens is 3. The van der Waals surface area contributed by atoms with E-state index in [1.807, 2.05) is 49.4 Å². The summed E-state index contributed by atoms with van der Waals surface area (Å²) in [6.07, 6.45) is -4.19. The Balaban J connectivity index is 1.36. The summed E-state index contributed by atoms with van der Waals surface area (Å²) in [6.45, 7) is 8.23. The molecule has 2 heterocycles. The van der Waals surface area contributed by atoms with Gasteiger partial charge in [0.05, 0.1) is 23.8 Å². The molecule has 0 aromatic heterocycles. The molecule has 4 atom stereocenters. The van der Waals surface area contributed by atoms with Gasteiger partial charge in [-0.25, -0.2) is 4.79 Å². The first-order valence-corrected chi connectivity index (χ1v) is 15.8. The van der Waals surface area contributed by atoms with Gasteiger partial charge in [-0.2, -0.15) is 13.2 Å². The summed E-state index contributed by atoms with van der Waals surface area (Å²) in [5.74, 6) is -0.274. The zero-order valence-electron chi connectivity index (χ0n) is 26.7. The summed E-state index contributed by atoms with van der Waals surface area (Å²) in [4.78, 5) is 27.6. The zero-order valence-corrected chi connectivity index (χ0v) is 26.7. The Labute approximate surface area is 268 Å². The number of nitrogens with zero attached hydrogens (tertiary/aromatic N) is 1. The fourth-order valence-corrected chi connectivity index (χ4v) is 6.23. The molecule has 0 aliphatic carbocycles. The van der Waals surface area contributed by atoms with Gasteiger partial charge in [0.25, 0.3) is 5.91 Å². The van der Waals surface area contributed by atoms with Crippen molar-refractivity contribution in [2.45, 2.75) is 77.0 Å². The summed E-state index contributed by atoms with van der Waals surface area (Å²) in [6, 6.07) is 20.8. The van der Waals surface area contributed by atoms with E-state index in [1.165, 1.54) is 12.1 Å². The first-order valence-electron chi connectivity index (χ1n) is 15.8. The molecule has 3 aromatic rings. The summed E-state index contributed by atoms with van der Waals surface area (Å²) in [5.41, 5.74) is 2.36. The van der Waals surface area contributed by atoms with Crippen LogP contribution in [0.1, 0.15) is 84.8 Å². The number of benzene rings is 3. The van der Waals surface area contributed by atoms with Crippen molar-refractivity contribution in [2.24, 2.45) is 5.92 Å². The second-order valence-corrected chi connectivity index (χ2v) is 13.2. The van der Waals surface area contributed by atoms with Crippen LogP contribution in [-0.2, 0) is 15.7 Å². The van der Waals surface area contributed by atoms with E-state index in [0.717, 1.165) is 17.2 Å². The van der Waals surface area contributed by atoms with E-state index in [2.05, 4.69) is 10.6 Å². The van der Waals surface area contributed by atoms with Crippen LogP contribution in [0.5, 0.6) is 0 Å². The number of alkyl carbamates (subject to hydrolysis) is 1. The smallest absolute Gasteiger partial charge is 0.416 e. The van der Waals surface area contributed by atoms with Crippen LogP contribution in [-0.4, -0.2) is 48.2 Å². The number of hydrogen-bond donors (Lipinski definition) is 2. The number of anilines is 1. The minimum atomic E-state index is -4.49. The van der Waals surface area contributed by atoms with Crippen LogP contribution in [0.15, 0.2) is 72.8 Å². The average Bonchev–Trinajstić information content (AvgIpc) is 3.01. The van der Waals surface area contributed by atoms with Crippen molar-refractivity contribution in [3.05, 3.63) is 101 Å². The van der Waals surface area contributed by atoms with Crippen LogP contribution in [0.3, 0.4) is 0 Å². The molecule has 1 saturated heterocycles. The lowest BCUT2D eigenvalue weighted by Crippen LogP contribution is -2.45. The molecular weight excluding hydrogens is 595 g/mol. The maximum atomic E-state index is 13.8. The maximum Gasteiger partial charge on any atom is 0.416 e. The van der Waals surface area contributed by atoms with Crippen molar-refractivity contribution in [3.63, 3.8) is 0 Å². The third-order valence-corrected chi connectivity index (χ3v) is 8.42. The van der Waals surface area contributed by atoms with Crippen LogP contribution >= 0.6 is 0 Å². The molecule has 1 fully saturated rings. The van der Waals surface area contributed by atoms with E-state index in [0.29, 0.717) is 49.2 Å². The number of ether oxygens (including phenoxy) is 2. The Morgan fingerprint density at radius 2 is 1.72 bits per heavy atom. The van der Waals surface area contributed by atoms with E-state index in [-0.39, 0.29) is 24.4 Å². The van der Waals surface area contributed by atoms with Gasteiger partial charge in [-0.3, -0.25) is 4.79 Å². The van der Waals surface area contributed by atoms with E-state index in [1.54, 1.807) is 37.8 Å².